The SMILES string of the molecule is Cc1cc(I)c(I)c(-c2ccc3c(c2)OCO3)c1. The summed E-state index contributed by atoms with van der Waals surface area (Å²) in [4.78, 5) is 0. The molecule has 3 rings (SSSR count). The van der Waals surface area contributed by atoms with Crippen molar-refractivity contribution in [2.24, 2.45) is 0 Å². The number of rotatable bonds is 1. The van der Waals surface area contributed by atoms with Crippen LogP contribution in [0, 0.1) is 14.1 Å². The summed E-state index contributed by atoms with van der Waals surface area (Å²) < 4.78 is 13.3. The zero-order valence-electron chi connectivity index (χ0n) is 9.67. The highest BCUT2D eigenvalue weighted by molar-refractivity contribution is 14.1. The van der Waals surface area contributed by atoms with Gasteiger partial charge in [0, 0.05) is 7.14 Å². The smallest absolute Gasteiger partial charge is 0.231 e. The molecule has 0 unspecified atom stereocenters. The predicted octanol–water partition coefficient (Wildman–Crippen LogP) is 4.60. The standard InChI is InChI=1S/C14H10I2O2/c1-8-4-10(14(16)11(15)5-8)9-2-3-12-13(6-9)18-7-17-12/h2-6H,7H2,1H3. The molecule has 1 aliphatic rings. The van der Waals surface area contributed by atoms with E-state index in [2.05, 4.69) is 76.4 Å². The molecule has 0 fully saturated rings. The lowest BCUT2D eigenvalue weighted by Crippen LogP contribution is -1.93. The molecule has 0 atom stereocenters. The fourth-order valence-electron chi connectivity index (χ4n) is 2.00. The molecule has 0 amide bonds. The van der Waals surface area contributed by atoms with Crippen LogP contribution in [0.15, 0.2) is 30.3 Å². The first kappa shape index (κ1) is 12.5. The van der Waals surface area contributed by atoms with Crippen LogP contribution in [0.1, 0.15) is 5.56 Å². The van der Waals surface area contributed by atoms with Crippen LogP contribution < -0.4 is 9.47 Å². The molecule has 1 heterocycles. The number of fused-ring (bicyclic) bond motifs is 1. The molecular formula is C14H10I2O2. The van der Waals surface area contributed by atoms with Gasteiger partial charge in [0.1, 0.15) is 0 Å². The molecule has 2 aromatic rings. The van der Waals surface area contributed by atoms with Crippen molar-refractivity contribution in [1.82, 2.24) is 0 Å². The normalized spacial score (nSPS) is 12.8. The van der Waals surface area contributed by atoms with Crippen molar-refractivity contribution in [3.8, 4) is 22.6 Å². The lowest BCUT2D eigenvalue weighted by atomic mass is 10.0. The zero-order valence-corrected chi connectivity index (χ0v) is 14.0. The van der Waals surface area contributed by atoms with Gasteiger partial charge in [-0.2, -0.15) is 0 Å². The van der Waals surface area contributed by atoms with Crippen LogP contribution in [0.5, 0.6) is 11.5 Å². The maximum Gasteiger partial charge on any atom is 0.231 e. The first-order chi connectivity index (χ1) is 8.65. The molecule has 4 heteroatoms. The largest absolute Gasteiger partial charge is 0.454 e. The van der Waals surface area contributed by atoms with E-state index in [1.165, 1.54) is 23.8 Å². The van der Waals surface area contributed by atoms with Crippen molar-refractivity contribution in [2.45, 2.75) is 6.92 Å². The second-order valence-electron chi connectivity index (χ2n) is 4.18. The monoisotopic (exact) mass is 464 g/mol. The van der Waals surface area contributed by atoms with E-state index in [1.54, 1.807) is 0 Å². The highest BCUT2D eigenvalue weighted by Gasteiger charge is 2.15. The number of hydrogen-bond donors (Lipinski definition) is 0. The molecule has 0 bridgehead atoms. The van der Waals surface area contributed by atoms with Crippen molar-refractivity contribution in [3.05, 3.63) is 43.0 Å². The van der Waals surface area contributed by atoms with Gasteiger partial charge in [-0.05, 0) is 87.0 Å². The van der Waals surface area contributed by atoms with Gasteiger partial charge in [0.05, 0.1) is 0 Å². The van der Waals surface area contributed by atoms with Crippen molar-refractivity contribution >= 4 is 45.2 Å². The van der Waals surface area contributed by atoms with Gasteiger partial charge in [0.2, 0.25) is 6.79 Å². The Morgan fingerprint density at radius 2 is 1.78 bits per heavy atom. The Hall–Kier alpha value is -0.500. The summed E-state index contributed by atoms with van der Waals surface area (Å²) in [6, 6.07) is 10.5. The van der Waals surface area contributed by atoms with Gasteiger partial charge >= 0.3 is 0 Å². The molecule has 0 radical (unpaired) electrons. The summed E-state index contributed by atoms with van der Waals surface area (Å²) in [5.74, 6) is 1.66. The Morgan fingerprint density at radius 3 is 2.61 bits per heavy atom. The minimum atomic E-state index is 0.321. The van der Waals surface area contributed by atoms with Crippen molar-refractivity contribution < 1.29 is 9.47 Å². The van der Waals surface area contributed by atoms with Crippen LogP contribution in [-0.4, -0.2) is 6.79 Å². The maximum atomic E-state index is 5.43. The van der Waals surface area contributed by atoms with Crippen LogP contribution in [-0.2, 0) is 0 Å². The second-order valence-corrected chi connectivity index (χ2v) is 6.42. The molecular weight excluding hydrogens is 454 g/mol. The molecule has 92 valence electrons. The molecule has 0 saturated carbocycles. The third kappa shape index (κ3) is 2.20. The Morgan fingerprint density at radius 1 is 1.00 bits per heavy atom. The number of aryl methyl sites for hydroxylation is 1. The van der Waals surface area contributed by atoms with Gasteiger partial charge in [0.15, 0.2) is 11.5 Å². The van der Waals surface area contributed by atoms with E-state index in [9.17, 15) is 0 Å². The first-order valence-electron chi connectivity index (χ1n) is 5.51. The lowest BCUT2D eigenvalue weighted by molar-refractivity contribution is 0.174. The van der Waals surface area contributed by atoms with Crippen LogP contribution in [0.2, 0.25) is 0 Å². The highest BCUT2D eigenvalue weighted by atomic mass is 127. The van der Waals surface area contributed by atoms with E-state index in [1.807, 2.05) is 6.07 Å². The third-order valence-electron chi connectivity index (χ3n) is 2.86. The Kier molecular flexibility index (Phi) is 3.40. The Labute approximate surface area is 133 Å². The summed E-state index contributed by atoms with van der Waals surface area (Å²) in [6.45, 7) is 2.44. The molecule has 2 aromatic carbocycles. The van der Waals surface area contributed by atoms with Crippen LogP contribution in [0.4, 0.5) is 0 Å². The molecule has 18 heavy (non-hydrogen) atoms. The van der Waals surface area contributed by atoms with Gasteiger partial charge in [-0.3, -0.25) is 0 Å². The summed E-state index contributed by atoms with van der Waals surface area (Å²) in [5, 5.41) is 0. The first-order valence-corrected chi connectivity index (χ1v) is 7.66. The van der Waals surface area contributed by atoms with E-state index in [4.69, 9.17) is 9.47 Å². The van der Waals surface area contributed by atoms with E-state index < -0.39 is 0 Å². The second kappa shape index (κ2) is 4.88. The molecule has 0 N–H and O–H groups in total. The average Bonchev–Trinajstić information content (AvgIpc) is 2.80. The van der Waals surface area contributed by atoms with Gasteiger partial charge in [-0.15, -0.1) is 0 Å². The minimum absolute atomic E-state index is 0.321. The average molecular weight is 464 g/mol. The summed E-state index contributed by atoms with van der Waals surface area (Å²) in [6.07, 6.45) is 0. The van der Waals surface area contributed by atoms with E-state index in [-0.39, 0.29) is 0 Å². The fourth-order valence-corrected chi connectivity index (χ4v) is 3.40. The van der Waals surface area contributed by atoms with Gasteiger partial charge in [0.25, 0.3) is 0 Å². The predicted molar refractivity (Wildman–Crippen MR) is 88.2 cm³/mol. The third-order valence-corrected chi connectivity index (χ3v) is 5.90. The van der Waals surface area contributed by atoms with Gasteiger partial charge in [-0.1, -0.05) is 12.1 Å². The van der Waals surface area contributed by atoms with Crippen molar-refractivity contribution in [1.29, 1.82) is 0 Å². The summed E-state index contributed by atoms with van der Waals surface area (Å²) in [5.41, 5.74) is 3.69. The fraction of sp³-hybridized carbons (Fsp3) is 0.143. The Balaban J connectivity index is 2.15. The highest BCUT2D eigenvalue weighted by Crippen LogP contribution is 2.38. The molecule has 0 aliphatic carbocycles. The molecule has 2 nitrogen and oxygen atoms in total. The van der Waals surface area contributed by atoms with Crippen LogP contribution in [0.3, 0.4) is 0 Å². The topological polar surface area (TPSA) is 18.5 Å². The van der Waals surface area contributed by atoms with Crippen LogP contribution in [0.25, 0.3) is 11.1 Å². The van der Waals surface area contributed by atoms with E-state index in [0.29, 0.717) is 6.79 Å². The summed E-state index contributed by atoms with van der Waals surface area (Å²) in [7, 11) is 0. The number of ether oxygens (including phenoxy) is 2. The van der Waals surface area contributed by atoms with Gasteiger partial charge < -0.3 is 9.47 Å². The van der Waals surface area contributed by atoms with Crippen molar-refractivity contribution in [2.75, 3.05) is 6.79 Å². The zero-order chi connectivity index (χ0) is 12.7. The minimum Gasteiger partial charge on any atom is -0.454 e. The summed E-state index contributed by atoms with van der Waals surface area (Å²) >= 11 is 4.77. The van der Waals surface area contributed by atoms with Gasteiger partial charge in [-0.25, -0.2) is 0 Å². The van der Waals surface area contributed by atoms with Crippen molar-refractivity contribution in [3.63, 3.8) is 0 Å². The van der Waals surface area contributed by atoms with E-state index in [0.717, 1.165) is 11.5 Å². The molecule has 1 aliphatic heterocycles. The molecule has 0 spiro atoms. The number of benzene rings is 2. The van der Waals surface area contributed by atoms with E-state index >= 15 is 0 Å². The lowest BCUT2D eigenvalue weighted by Gasteiger charge is -2.09. The maximum absolute atomic E-state index is 5.43. The molecule has 0 aromatic heterocycles. The van der Waals surface area contributed by atoms with Crippen LogP contribution >= 0.6 is 45.2 Å². The Bertz CT molecular complexity index is 623. The number of hydrogen-bond acceptors (Lipinski definition) is 2. The number of halogens is 2. The molecule has 0 saturated heterocycles. The quantitative estimate of drug-likeness (QED) is 0.575.